The molecule has 0 fully saturated rings. The zero-order valence-corrected chi connectivity index (χ0v) is 10.8. The number of nitrogens with zero attached hydrogens (tertiary/aromatic N) is 1. The summed E-state index contributed by atoms with van der Waals surface area (Å²) >= 11 is 0. The van der Waals surface area contributed by atoms with Crippen LogP contribution in [0, 0.1) is 0 Å². The van der Waals surface area contributed by atoms with E-state index in [1.807, 2.05) is 7.05 Å². The standard InChI is InChI=1S/C14H22N2O/c1-3-4-5-6-11-16(2)14(17)12-7-9-13(15)10-8-12/h7-10H,3-6,11,15H2,1-2H3. The molecule has 1 aromatic carbocycles. The van der Waals surface area contributed by atoms with Crippen LogP contribution in [0.5, 0.6) is 0 Å². The van der Waals surface area contributed by atoms with E-state index in [1.54, 1.807) is 29.2 Å². The second-order valence-corrected chi connectivity index (χ2v) is 4.41. The monoisotopic (exact) mass is 234 g/mol. The first-order chi connectivity index (χ1) is 8.15. The van der Waals surface area contributed by atoms with Crippen LogP contribution in [0.1, 0.15) is 43.0 Å². The predicted molar refractivity (Wildman–Crippen MR) is 72.0 cm³/mol. The van der Waals surface area contributed by atoms with Gasteiger partial charge in [0.1, 0.15) is 0 Å². The second kappa shape index (κ2) is 6.94. The first kappa shape index (κ1) is 13.6. The summed E-state index contributed by atoms with van der Waals surface area (Å²) in [6.45, 7) is 3.01. The number of amides is 1. The number of carbonyl (C=O) groups excluding carboxylic acids is 1. The van der Waals surface area contributed by atoms with Gasteiger partial charge in [-0.2, -0.15) is 0 Å². The zero-order valence-electron chi connectivity index (χ0n) is 10.8. The van der Waals surface area contributed by atoms with Gasteiger partial charge in [-0.1, -0.05) is 26.2 Å². The molecular weight excluding hydrogens is 212 g/mol. The number of hydrogen-bond acceptors (Lipinski definition) is 2. The van der Waals surface area contributed by atoms with Crippen LogP contribution in [0.4, 0.5) is 5.69 Å². The van der Waals surface area contributed by atoms with Crippen molar-refractivity contribution < 1.29 is 4.79 Å². The molecule has 0 aliphatic rings. The van der Waals surface area contributed by atoms with E-state index >= 15 is 0 Å². The lowest BCUT2D eigenvalue weighted by atomic mass is 10.1. The summed E-state index contributed by atoms with van der Waals surface area (Å²) in [5.41, 5.74) is 6.98. The molecule has 0 aliphatic heterocycles. The topological polar surface area (TPSA) is 46.3 Å². The normalized spacial score (nSPS) is 10.2. The van der Waals surface area contributed by atoms with Crippen LogP contribution in [-0.2, 0) is 0 Å². The lowest BCUT2D eigenvalue weighted by molar-refractivity contribution is 0.0792. The Morgan fingerprint density at radius 1 is 1.18 bits per heavy atom. The average molecular weight is 234 g/mol. The number of nitrogen functional groups attached to an aromatic ring is 1. The summed E-state index contributed by atoms with van der Waals surface area (Å²) in [6.07, 6.45) is 4.72. The molecule has 0 spiro atoms. The number of benzene rings is 1. The third-order valence-electron chi connectivity index (χ3n) is 2.85. The lowest BCUT2D eigenvalue weighted by Crippen LogP contribution is -2.27. The Morgan fingerprint density at radius 3 is 2.41 bits per heavy atom. The van der Waals surface area contributed by atoms with Crippen LogP contribution in [0.15, 0.2) is 24.3 Å². The van der Waals surface area contributed by atoms with Gasteiger partial charge in [0.25, 0.3) is 5.91 Å². The summed E-state index contributed by atoms with van der Waals surface area (Å²) in [5, 5.41) is 0. The molecule has 1 aromatic rings. The Morgan fingerprint density at radius 2 is 1.82 bits per heavy atom. The molecule has 0 aliphatic carbocycles. The zero-order chi connectivity index (χ0) is 12.7. The smallest absolute Gasteiger partial charge is 0.253 e. The number of hydrogen-bond donors (Lipinski definition) is 1. The predicted octanol–water partition coefficient (Wildman–Crippen LogP) is 2.92. The second-order valence-electron chi connectivity index (χ2n) is 4.41. The molecule has 0 heterocycles. The highest BCUT2D eigenvalue weighted by Crippen LogP contribution is 2.09. The Hall–Kier alpha value is -1.51. The highest BCUT2D eigenvalue weighted by molar-refractivity contribution is 5.94. The van der Waals surface area contributed by atoms with Crippen LogP contribution >= 0.6 is 0 Å². The summed E-state index contributed by atoms with van der Waals surface area (Å²) in [4.78, 5) is 13.8. The van der Waals surface area contributed by atoms with Gasteiger partial charge in [-0.15, -0.1) is 0 Å². The van der Waals surface area contributed by atoms with Crippen molar-refractivity contribution in [1.29, 1.82) is 0 Å². The van der Waals surface area contributed by atoms with Gasteiger partial charge in [0.15, 0.2) is 0 Å². The number of anilines is 1. The summed E-state index contributed by atoms with van der Waals surface area (Å²) in [7, 11) is 1.85. The molecule has 0 bridgehead atoms. The fourth-order valence-electron chi connectivity index (χ4n) is 1.72. The van der Waals surface area contributed by atoms with Gasteiger partial charge in [0.05, 0.1) is 0 Å². The summed E-state index contributed by atoms with van der Waals surface area (Å²) in [6, 6.07) is 7.08. The highest BCUT2D eigenvalue weighted by Gasteiger charge is 2.10. The molecule has 0 aromatic heterocycles. The molecule has 94 valence electrons. The van der Waals surface area contributed by atoms with Crippen molar-refractivity contribution in [3.05, 3.63) is 29.8 Å². The van der Waals surface area contributed by atoms with Crippen molar-refractivity contribution in [3.8, 4) is 0 Å². The molecule has 2 N–H and O–H groups in total. The third kappa shape index (κ3) is 4.47. The molecule has 1 rings (SSSR count). The number of unbranched alkanes of at least 4 members (excludes halogenated alkanes) is 3. The van der Waals surface area contributed by atoms with Crippen LogP contribution in [0.3, 0.4) is 0 Å². The minimum atomic E-state index is 0.0708. The molecule has 0 unspecified atom stereocenters. The number of nitrogens with two attached hydrogens (primary N) is 1. The fourth-order valence-corrected chi connectivity index (χ4v) is 1.72. The van der Waals surface area contributed by atoms with Gasteiger partial charge in [0.2, 0.25) is 0 Å². The van der Waals surface area contributed by atoms with E-state index in [9.17, 15) is 4.79 Å². The van der Waals surface area contributed by atoms with Crippen molar-refractivity contribution in [2.24, 2.45) is 0 Å². The molecule has 1 amide bonds. The lowest BCUT2D eigenvalue weighted by Gasteiger charge is -2.17. The first-order valence-electron chi connectivity index (χ1n) is 6.26. The molecule has 3 heteroatoms. The van der Waals surface area contributed by atoms with E-state index in [4.69, 9.17) is 5.73 Å². The van der Waals surface area contributed by atoms with E-state index < -0.39 is 0 Å². The van der Waals surface area contributed by atoms with Crippen LogP contribution in [-0.4, -0.2) is 24.4 Å². The van der Waals surface area contributed by atoms with E-state index in [-0.39, 0.29) is 5.91 Å². The highest BCUT2D eigenvalue weighted by atomic mass is 16.2. The van der Waals surface area contributed by atoms with E-state index in [2.05, 4.69) is 6.92 Å². The van der Waals surface area contributed by atoms with Gasteiger partial charge in [-0.25, -0.2) is 0 Å². The van der Waals surface area contributed by atoms with Gasteiger partial charge >= 0.3 is 0 Å². The number of carbonyl (C=O) groups is 1. The van der Waals surface area contributed by atoms with Gasteiger partial charge in [-0.05, 0) is 30.7 Å². The Bertz CT molecular complexity index is 346. The quantitative estimate of drug-likeness (QED) is 0.607. The van der Waals surface area contributed by atoms with Crippen molar-refractivity contribution in [1.82, 2.24) is 4.90 Å². The molecule has 0 saturated heterocycles. The first-order valence-corrected chi connectivity index (χ1v) is 6.26. The maximum Gasteiger partial charge on any atom is 0.253 e. The fraction of sp³-hybridized carbons (Fsp3) is 0.500. The van der Waals surface area contributed by atoms with Crippen molar-refractivity contribution in [3.63, 3.8) is 0 Å². The molecule has 17 heavy (non-hydrogen) atoms. The van der Waals surface area contributed by atoms with E-state index in [0.717, 1.165) is 13.0 Å². The number of rotatable bonds is 6. The third-order valence-corrected chi connectivity index (χ3v) is 2.85. The maximum absolute atomic E-state index is 12.0. The van der Waals surface area contributed by atoms with E-state index in [1.165, 1.54) is 19.3 Å². The minimum absolute atomic E-state index is 0.0708. The Labute approximate surface area is 104 Å². The summed E-state index contributed by atoms with van der Waals surface area (Å²) < 4.78 is 0. The average Bonchev–Trinajstić information content (AvgIpc) is 2.34. The van der Waals surface area contributed by atoms with Crippen molar-refractivity contribution >= 4 is 11.6 Å². The summed E-state index contributed by atoms with van der Waals surface area (Å²) in [5.74, 6) is 0.0708. The van der Waals surface area contributed by atoms with Gasteiger partial charge < -0.3 is 10.6 Å². The largest absolute Gasteiger partial charge is 0.399 e. The maximum atomic E-state index is 12.0. The van der Waals surface area contributed by atoms with Gasteiger partial charge in [-0.3, -0.25) is 4.79 Å². The molecule has 3 nitrogen and oxygen atoms in total. The van der Waals surface area contributed by atoms with Crippen LogP contribution < -0.4 is 5.73 Å². The Balaban J connectivity index is 2.43. The molecule has 0 radical (unpaired) electrons. The van der Waals surface area contributed by atoms with Crippen LogP contribution in [0.2, 0.25) is 0 Å². The van der Waals surface area contributed by atoms with Crippen molar-refractivity contribution in [2.75, 3.05) is 19.3 Å². The molecule has 0 saturated carbocycles. The van der Waals surface area contributed by atoms with E-state index in [0.29, 0.717) is 11.3 Å². The van der Waals surface area contributed by atoms with Gasteiger partial charge in [0, 0.05) is 24.8 Å². The minimum Gasteiger partial charge on any atom is -0.399 e. The molecular formula is C14H22N2O. The molecule has 0 atom stereocenters. The SMILES string of the molecule is CCCCCCN(C)C(=O)c1ccc(N)cc1. The van der Waals surface area contributed by atoms with Crippen LogP contribution in [0.25, 0.3) is 0 Å². The Kier molecular flexibility index (Phi) is 5.53. The van der Waals surface area contributed by atoms with Crippen molar-refractivity contribution in [2.45, 2.75) is 32.6 Å².